The average molecular weight is 233 g/mol. The third kappa shape index (κ3) is 5.77. The van der Waals surface area contributed by atoms with Crippen molar-refractivity contribution in [2.45, 2.75) is 25.0 Å². The number of aliphatic hydroxyl groups excluding tert-OH is 2. The van der Waals surface area contributed by atoms with Crippen molar-refractivity contribution in [2.24, 2.45) is 0 Å². The van der Waals surface area contributed by atoms with Crippen LogP contribution >= 0.6 is 0 Å². The SMILES string of the molecule is COCCOCC(O)CN(CCO)C1CC1. The molecule has 5 heteroatoms. The Morgan fingerprint density at radius 2 is 2.12 bits per heavy atom. The molecule has 0 saturated heterocycles. The first-order valence-electron chi connectivity index (χ1n) is 5.87. The monoisotopic (exact) mass is 233 g/mol. The van der Waals surface area contributed by atoms with Gasteiger partial charge in [-0.1, -0.05) is 0 Å². The Kier molecular flexibility index (Phi) is 6.91. The zero-order valence-electron chi connectivity index (χ0n) is 9.97. The molecular formula is C11H23NO4. The summed E-state index contributed by atoms with van der Waals surface area (Å²) in [5.41, 5.74) is 0. The number of methoxy groups -OCH3 is 1. The molecule has 2 N–H and O–H groups in total. The van der Waals surface area contributed by atoms with Crippen LogP contribution in [-0.2, 0) is 9.47 Å². The van der Waals surface area contributed by atoms with E-state index >= 15 is 0 Å². The van der Waals surface area contributed by atoms with Crippen molar-refractivity contribution >= 4 is 0 Å². The van der Waals surface area contributed by atoms with Crippen LogP contribution in [0.1, 0.15) is 12.8 Å². The maximum atomic E-state index is 9.73. The third-order valence-electron chi connectivity index (χ3n) is 2.64. The van der Waals surface area contributed by atoms with Crippen molar-refractivity contribution in [1.29, 1.82) is 0 Å². The molecule has 1 saturated carbocycles. The zero-order chi connectivity index (χ0) is 11.8. The van der Waals surface area contributed by atoms with Gasteiger partial charge in [-0.3, -0.25) is 4.90 Å². The number of hydrogen-bond donors (Lipinski definition) is 2. The van der Waals surface area contributed by atoms with E-state index in [0.717, 1.165) is 0 Å². The fraction of sp³-hybridized carbons (Fsp3) is 1.00. The second kappa shape index (κ2) is 7.97. The van der Waals surface area contributed by atoms with Crippen molar-refractivity contribution in [1.82, 2.24) is 4.90 Å². The van der Waals surface area contributed by atoms with Gasteiger partial charge in [-0.05, 0) is 12.8 Å². The number of rotatable bonds is 10. The lowest BCUT2D eigenvalue weighted by molar-refractivity contribution is -0.00336. The van der Waals surface area contributed by atoms with Crippen LogP contribution in [0.25, 0.3) is 0 Å². The molecule has 0 aliphatic heterocycles. The van der Waals surface area contributed by atoms with Gasteiger partial charge in [0.2, 0.25) is 0 Å². The van der Waals surface area contributed by atoms with Gasteiger partial charge in [0.1, 0.15) is 0 Å². The maximum Gasteiger partial charge on any atom is 0.0900 e. The van der Waals surface area contributed by atoms with E-state index in [1.807, 2.05) is 0 Å². The number of nitrogens with zero attached hydrogens (tertiary/aromatic N) is 1. The minimum atomic E-state index is -0.482. The summed E-state index contributed by atoms with van der Waals surface area (Å²) >= 11 is 0. The van der Waals surface area contributed by atoms with Crippen molar-refractivity contribution in [3.05, 3.63) is 0 Å². The summed E-state index contributed by atoms with van der Waals surface area (Å²) in [7, 11) is 1.62. The fourth-order valence-corrected chi connectivity index (χ4v) is 1.68. The fourth-order valence-electron chi connectivity index (χ4n) is 1.68. The van der Waals surface area contributed by atoms with Crippen LogP contribution in [0.5, 0.6) is 0 Å². The summed E-state index contributed by atoms with van der Waals surface area (Å²) < 4.78 is 10.1. The highest BCUT2D eigenvalue weighted by molar-refractivity contribution is 4.85. The molecule has 0 radical (unpaired) electrons. The normalized spacial score (nSPS) is 18.0. The van der Waals surface area contributed by atoms with E-state index in [9.17, 15) is 5.11 Å². The maximum absolute atomic E-state index is 9.73. The van der Waals surface area contributed by atoms with Gasteiger partial charge in [0.15, 0.2) is 0 Å². The Morgan fingerprint density at radius 1 is 1.38 bits per heavy atom. The Bertz CT molecular complexity index is 175. The summed E-state index contributed by atoms with van der Waals surface area (Å²) in [6, 6.07) is 0.556. The molecule has 96 valence electrons. The average Bonchev–Trinajstić information content (AvgIpc) is 3.07. The molecule has 0 heterocycles. The molecule has 1 unspecified atom stereocenters. The molecule has 1 aliphatic carbocycles. The van der Waals surface area contributed by atoms with E-state index < -0.39 is 6.10 Å². The van der Waals surface area contributed by atoms with Crippen molar-refractivity contribution < 1.29 is 19.7 Å². The summed E-state index contributed by atoms with van der Waals surface area (Å²) in [4.78, 5) is 2.13. The lowest BCUT2D eigenvalue weighted by atomic mass is 10.3. The van der Waals surface area contributed by atoms with Gasteiger partial charge >= 0.3 is 0 Å². The highest BCUT2D eigenvalue weighted by Gasteiger charge is 2.29. The van der Waals surface area contributed by atoms with Crippen LogP contribution < -0.4 is 0 Å². The first-order valence-corrected chi connectivity index (χ1v) is 5.87. The van der Waals surface area contributed by atoms with Crippen molar-refractivity contribution in [2.75, 3.05) is 46.6 Å². The van der Waals surface area contributed by atoms with E-state index in [0.29, 0.717) is 39.0 Å². The lowest BCUT2D eigenvalue weighted by Crippen LogP contribution is -2.38. The number of aliphatic hydroxyl groups is 2. The first-order chi connectivity index (χ1) is 7.77. The third-order valence-corrected chi connectivity index (χ3v) is 2.64. The van der Waals surface area contributed by atoms with E-state index in [1.54, 1.807) is 7.11 Å². The highest BCUT2D eigenvalue weighted by atomic mass is 16.5. The molecule has 0 aromatic heterocycles. The first kappa shape index (κ1) is 13.9. The molecule has 1 fully saturated rings. The topological polar surface area (TPSA) is 62.2 Å². The van der Waals surface area contributed by atoms with Crippen LogP contribution in [0.4, 0.5) is 0 Å². The summed E-state index contributed by atoms with van der Waals surface area (Å²) in [5.74, 6) is 0. The van der Waals surface area contributed by atoms with Crippen LogP contribution in [0, 0.1) is 0 Å². The number of ether oxygens (including phenoxy) is 2. The Labute approximate surface area is 97.0 Å². The molecule has 0 amide bonds. The van der Waals surface area contributed by atoms with E-state index in [1.165, 1.54) is 12.8 Å². The lowest BCUT2D eigenvalue weighted by Gasteiger charge is -2.23. The largest absolute Gasteiger partial charge is 0.395 e. The summed E-state index contributed by atoms with van der Waals surface area (Å²) in [6.07, 6.45) is 1.87. The van der Waals surface area contributed by atoms with Gasteiger partial charge in [0.05, 0.1) is 32.5 Å². The number of hydrogen-bond acceptors (Lipinski definition) is 5. The highest BCUT2D eigenvalue weighted by Crippen LogP contribution is 2.26. The van der Waals surface area contributed by atoms with E-state index in [-0.39, 0.29) is 6.61 Å². The predicted octanol–water partition coefficient (Wildman–Crippen LogP) is -0.533. The second-order valence-electron chi connectivity index (χ2n) is 4.17. The molecule has 1 aliphatic rings. The van der Waals surface area contributed by atoms with Gasteiger partial charge in [-0.25, -0.2) is 0 Å². The molecule has 5 nitrogen and oxygen atoms in total. The molecule has 0 aromatic carbocycles. The second-order valence-corrected chi connectivity index (χ2v) is 4.17. The molecule has 0 aromatic rings. The molecule has 0 bridgehead atoms. The van der Waals surface area contributed by atoms with Crippen LogP contribution in [-0.4, -0.2) is 73.9 Å². The van der Waals surface area contributed by atoms with Crippen LogP contribution in [0.2, 0.25) is 0 Å². The van der Waals surface area contributed by atoms with Crippen LogP contribution in [0.15, 0.2) is 0 Å². The Hall–Kier alpha value is -0.200. The molecule has 1 atom stereocenters. The zero-order valence-corrected chi connectivity index (χ0v) is 9.97. The molecule has 16 heavy (non-hydrogen) atoms. The summed E-state index contributed by atoms with van der Waals surface area (Å²) in [5, 5.41) is 18.6. The van der Waals surface area contributed by atoms with Gasteiger partial charge in [0.25, 0.3) is 0 Å². The Balaban J connectivity index is 2.07. The van der Waals surface area contributed by atoms with Gasteiger partial charge in [-0.2, -0.15) is 0 Å². The standard InChI is InChI=1S/C11H23NO4/c1-15-6-7-16-9-11(14)8-12(4-5-13)10-2-3-10/h10-11,13-14H,2-9H2,1H3. The van der Waals surface area contributed by atoms with Crippen LogP contribution in [0.3, 0.4) is 0 Å². The van der Waals surface area contributed by atoms with Crippen molar-refractivity contribution in [3.63, 3.8) is 0 Å². The predicted molar refractivity (Wildman–Crippen MR) is 60.4 cm³/mol. The van der Waals surface area contributed by atoms with E-state index in [4.69, 9.17) is 14.6 Å². The summed E-state index contributed by atoms with van der Waals surface area (Å²) in [6.45, 7) is 2.76. The minimum absolute atomic E-state index is 0.147. The molecule has 1 rings (SSSR count). The van der Waals surface area contributed by atoms with Crippen molar-refractivity contribution in [3.8, 4) is 0 Å². The minimum Gasteiger partial charge on any atom is -0.395 e. The van der Waals surface area contributed by atoms with Gasteiger partial charge in [0, 0.05) is 26.2 Å². The quantitative estimate of drug-likeness (QED) is 0.497. The Morgan fingerprint density at radius 3 is 2.69 bits per heavy atom. The molecule has 0 spiro atoms. The van der Waals surface area contributed by atoms with E-state index in [2.05, 4.69) is 4.90 Å². The van der Waals surface area contributed by atoms with Gasteiger partial charge < -0.3 is 19.7 Å². The smallest absolute Gasteiger partial charge is 0.0900 e. The molecular weight excluding hydrogens is 210 g/mol. The van der Waals surface area contributed by atoms with Gasteiger partial charge in [-0.15, -0.1) is 0 Å².